The summed E-state index contributed by atoms with van der Waals surface area (Å²) in [4.78, 5) is 18.1. The first kappa shape index (κ1) is 16.8. The molecule has 0 saturated carbocycles. The number of hydrogen-bond acceptors (Lipinski definition) is 3. The van der Waals surface area contributed by atoms with Gasteiger partial charge in [-0.1, -0.05) is 18.2 Å². The second kappa shape index (κ2) is 7.33. The van der Waals surface area contributed by atoms with Gasteiger partial charge in [-0.2, -0.15) is 5.10 Å². The molecule has 0 spiro atoms. The Kier molecular flexibility index (Phi) is 4.75. The molecule has 6 nitrogen and oxygen atoms in total. The number of aromatic nitrogens is 3. The van der Waals surface area contributed by atoms with E-state index in [1.807, 2.05) is 42.3 Å². The minimum Gasteiger partial charge on any atom is -0.361 e. The van der Waals surface area contributed by atoms with Crippen LogP contribution in [0.3, 0.4) is 0 Å². The molecule has 1 aromatic carbocycles. The highest BCUT2D eigenvalue weighted by Crippen LogP contribution is 2.20. The summed E-state index contributed by atoms with van der Waals surface area (Å²) in [5, 5.41) is 8.57. The van der Waals surface area contributed by atoms with Crippen LogP contribution in [0.4, 0.5) is 0 Å². The molecule has 1 atom stereocenters. The number of aryl methyl sites for hydroxylation is 1. The van der Waals surface area contributed by atoms with Crippen molar-refractivity contribution in [3.63, 3.8) is 0 Å². The minimum atomic E-state index is 0.0891. The van der Waals surface area contributed by atoms with Crippen molar-refractivity contribution in [1.29, 1.82) is 0 Å². The SMILES string of the molecule is Cn1nccc1CN1CC[C@@H](C(=O)NCCc2c[nH]c3ccccc23)C1. The van der Waals surface area contributed by atoms with Gasteiger partial charge in [0.2, 0.25) is 5.91 Å². The number of carbonyl (C=O) groups excluding carboxylic acids is 1. The van der Waals surface area contributed by atoms with E-state index in [9.17, 15) is 4.79 Å². The molecule has 0 radical (unpaired) electrons. The Labute approximate surface area is 153 Å². The van der Waals surface area contributed by atoms with E-state index in [-0.39, 0.29) is 11.8 Å². The van der Waals surface area contributed by atoms with Crippen molar-refractivity contribution < 1.29 is 4.79 Å². The molecule has 1 saturated heterocycles. The Bertz CT molecular complexity index is 896. The number of fused-ring (bicyclic) bond motifs is 1. The molecule has 0 unspecified atom stereocenters. The van der Waals surface area contributed by atoms with Crippen molar-refractivity contribution in [2.24, 2.45) is 13.0 Å². The minimum absolute atomic E-state index is 0.0891. The lowest BCUT2D eigenvalue weighted by molar-refractivity contribution is -0.124. The normalized spacial score (nSPS) is 17.8. The standard InChI is InChI=1S/C20H25N5O/c1-24-17(7-10-23-24)14-25-11-8-16(13-25)20(26)21-9-6-15-12-22-19-5-3-2-4-18(15)19/h2-5,7,10,12,16,22H,6,8-9,11,13-14H2,1H3,(H,21,26)/t16-/m1/s1. The number of nitrogens with one attached hydrogen (secondary N) is 2. The maximum Gasteiger partial charge on any atom is 0.224 e. The van der Waals surface area contributed by atoms with Gasteiger partial charge >= 0.3 is 0 Å². The number of carbonyl (C=O) groups is 1. The van der Waals surface area contributed by atoms with E-state index >= 15 is 0 Å². The summed E-state index contributed by atoms with van der Waals surface area (Å²) in [7, 11) is 1.96. The number of para-hydroxylation sites is 1. The topological polar surface area (TPSA) is 66.0 Å². The largest absolute Gasteiger partial charge is 0.361 e. The molecular weight excluding hydrogens is 326 g/mol. The fourth-order valence-electron chi connectivity index (χ4n) is 3.78. The Morgan fingerprint density at radius 1 is 1.35 bits per heavy atom. The molecule has 1 amide bonds. The maximum atomic E-state index is 12.5. The first-order valence-corrected chi connectivity index (χ1v) is 9.22. The van der Waals surface area contributed by atoms with Crippen LogP contribution < -0.4 is 5.32 Å². The summed E-state index contributed by atoms with van der Waals surface area (Å²) < 4.78 is 1.90. The third-order valence-electron chi connectivity index (χ3n) is 5.32. The quantitative estimate of drug-likeness (QED) is 0.715. The van der Waals surface area contributed by atoms with E-state index in [0.29, 0.717) is 6.54 Å². The van der Waals surface area contributed by atoms with Crippen LogP contribution in [-0.2, 0) is 24.8 Å². The third-order valence-corrected chi connectivity index (χ3v) is 5.32. The molecule has 2 aromatic heterocycles. The zero-order valence-corrected chi connectivity index (χ0v) is 15.1. The molecule has 1 aliphatic heterocycles. The summed E-state index contributed by atoms with van der Waals surface area (Å²) in [5.74, 6) is 0.267. The van der Waals surface area contributed by atoms with Gasteiger partial charge in [-0.25, -0.2) is 0 Å². The Morgan fingerprint density at radius 2 is 2.23 bits per heavy atom. The summed E-state index contributed by atoms with van der Waals surface area (Å²) in [6, 6.07) is 10.3. The molecule has 1 fully saturated rings. The highest BCUT2D eigenvalue weighted by atomic mass is 16.1. The molecule has 3 heterocycles. The molecule has 26 heavy (non-hydrogen) atoms. The van der Waals surface area contributed by atoms with Crippen LogP contribution in [0.25, 0.3) is 10.9 Å². The van der Waals surface area contributed by atoms with Gasteiger partial charge in [0.15, 0.2) is 0 Å². The monoisotopic (exact) mass is 351 g/mol. The molecule has 1 aliphatic rings. The van der Waals surface area contributed by atoms with Gasteiger partial charge in [-0.3, -0.25) is 14.4 Å². The van der Waals surface area contributed by atoms with Gasteiger partial charge in [-0.15, -0.1) is 0 Å². The van der Waals surface area contributed by atoms with Gasteiger partial charge in [-0.05, 0) is 37.1 Å². The van der Waals surface area contributed by atoms with Gasteiger partial charge < -0.3 is 10.3 Å². The summed E-state index contributed by atoms with van der Waals surface area (Å²) >= 11 is 0. The number of H-pyrrole nitrogens is 1. The van der Waals surface area contributed by atoms with Crippen LogP contribution in [0, 0.1) is 5.92 Å². The Hall–Kier alpha value is -2.60. The highest BCUT2D eigenvalue weighted by molar-refractivity contribution is 5.83. The third kappa shape index (κ3) is 3.51. The molecule has 4 rings (SSSR count). The van der Waals surface area contributed by atoms with E-state index < -0.39 is 0 Å². The number of nitrogens with zero attached hydrogens (tertiary/aromatic N) is 3. The number of rotatable bonds is 6. The lowest BCUT2D eigenvalue weighted by Crippen LogP contribution is -2.34. The lowest BCUT2D eigenvalue weighted by atomic mass is 10.1. The van der Waals surface area contributed by atoms with Crippen LogP contribution in [0.15, 0.2) is 42.7 Å². The molecule has 6 heteroatoms. The van der Waals surface area contributed by atoms with Crippen LogP contribution in [0.2, 0.25) is 0 Å². The van der Waals surface area contributed by atoms with Gasteiger partial charge in [0.05, 0.1) is 11.6 Å². The van der Waals surface area contributed by atoms with Crippen LogP contribution in [0.5, 0.6) is 0 Å². The van der Waals surface area contributed by atoms with Crippen molar-refractivity contribution in [3.05, 3.63) is 54.0 Å². The number of likely N-dealkylation sites (tertiary alicyclic amines) is 1. The second-order valence-corrected chi connectivity index (χ2v) is 7.07. The van der Waals surface area contributed by atoms with E-state index in [1.54, 1.807) is 0 Å². The van der Waals surface area contributed by atoms with Crippen molar-refractivity contribution in [3.8, 4) is 0 Å². The lowest BCUT2D eigenvalue weighted by Gasteiger charge is -2.16. The van der Waals surface area contributed by atoms with E-state index in [0.717, 1.165) is 38.0 Å². The molecule has 0 aliphatic carbocycles. The highest BCUT2D eigenvalue weighted by Gasteiger charge is 2.28. The van der Waals surface area contributed by atoms with Crippen molar-refractivity contribution in [2.75, 3.05) is 19.6 Å². The maximum absolute atomic E-state index is 12.5. The summed E-state index contributed by atoms with van der Waals surface area (Å²) in [5.41, 5.74) is 3.59. The van der Waals surface area contributed by atoms with E-state index in [1.165, 1.54) is 16.6 Å². The van der Waals surface area contributed by atoms with Crippen molar-refractivity contribution >= 4 is 16.8 Å². The summed E-state index contributed by atoms with van der Waals surface area (Å²) in [6.45, 7) is 3.32. The van der Waals surface area contributed by atoms with Crippen LogP contribution in [-0.4, -0.2) is 45.2 Å². The molecule has 136 valence electrons. The summed E-state index contributed by atoms with van der Waals surface area (Å²) in [6.07, 6.45) is 5.64. The zero-order chi connectivity index (χ0) is 17.9. The molecule has 0 bridgehead atoms. The fraction of sp³-hybridized carbons (Fsp3) is 0.400. The van der Waals surface area contributed by atoms with Crippen LogP contribution >= 0.6 is 0 Å². The van der Waals surface area contributed by atoms with Crippen LogP contribution in [0.1, 0.15) is 17.7 Å². The predicted octanol–water partition coefficient (Wildman–Crippen LogP) is 2.08. The smallest absolute Gasteiger partial charge is 0.224 e. The Balaban J connectivity index is 1.26. The van der Waals surface area contributed by atoms with E-state index in [2.05, 4.69) is 32.4 Å². The number of aromatic amines is 1. The average Bonchev–Trinajstić information content (AvgIpc) is 3.37. The number of amides is 1. The second-order valence-electron chi connectivity index (χ2n) is 7.07. The molecule has 2 N–H and O–H groups in total. The first-order chi connectivity index (χ1) is 12.7. The van der Waals surface area contributed by atoms with Crippen molar-refractivity contribution in [2.45, 2.75) is 19.4 Å². The number of hydrogen-bond donors (Lipinski definition) is 2. The van der Waals surface area contributed by atoms with Gasteiger partial charge in [0.25, 0.3) is 0 Å². The Morgan fingerprint density at radius 3 is 3.08 bits per heavy atom. The molecular formula is C20H25N5O. The predicted molar refractivity (Wildman–Crippen MR) is 102 cm³/mol. The fourth-order valence-corrected chi connectivity index (χ4v) is 3.78. The van der Waals surface area contributed by atoms with Crippen molar-refractivity contribution in [1.82, 2.24) is 25.0 Å². The first-order valence-electron chi connectivity index (χ1n) is 9.22. The van der Waals surface area contributed by atoms with Gasteiger partial charge in [0, 0.05) is 50.0 Å². The van der Waals surface area contributed by atoms with Gasteiger partial charge in [0.1, 0.15) is 0 Å². The molecule has 3 aromatic rings. The average molecular weight is 351 g/mol. The zero-order valence-electron chi connectivity index (χ0n) is 15.1. The van der Waals surface area contributed by atoms with E-state index in [4.69, 9.17) is 0 Å². The number of benzene rings is 1.